The monoisotopic (exact) mass is 454 g/mol. The molecule has 0 heteroatoms. The van der Waals surface area contributed by atoms with E-state index >= 15 is 0 Å². The highest BCUT2D eigenvalue weighted by molar-refractivity contribution is 5.84. The molecule has 4 aromatic rings. The van der Waals surface area contributed by atoms with Gasteiger partial charge in [-0.1, -0.05) is 141 Å². The molecule has 0 aliphatic heterocycles. The lowest BCUT2D eigenvalue weighted by Crippen LogP contribution is -2.15. The second-order valence-corrected chi connectivity index (χ2v) is 9.73. The van der Waals surface area contributed by atoms with Gasteiger partial charge in [-0.3, -0.25) is 0 Å². The molecule has 0 nitrogen and oxygen atoms in total. The van der Waals surface area contributed by atoms with Crippen LogP contribution >= 0.6 is 0 Å². The van der Waals surface area contributed by atoms with Crippen molar-refractivity contribution in [1.29, 1.82) is 0 Å². The molecule has 0 bridgehead atoms. The van der Waals surface area contributed by atoms with E-state index in [1.807, 2.05) is 24.3 Å². The van der Waals surface area contributed by atoms with Crippen LogP contribution in [0.4, 0.5) is 0 Å². The molecule has 0 fully saturated rings. The summed E-state index contributed by atoms with van der Waals surface area (Å²) in [7, 11) is 0. The van der Waals surface area contributed by atoms with Crippen molar-refractivity contribution in [2.75, 3.05) is 0 Å². The Bertz CT molecular complexity index is 1380. The molecule has 0 atom stereocenters. The summed E-state index contributed by atoms with van der Waals surface area (Å²) >= 11 is 0. The highest BCUT2D eigenvalue weighted by Crippen LogP contribution is 2.49. The lowest BCUT2D eigenvalue weighted by Gasteiger charge is -2.22. The molecule has 35 heavy (non-hydrogen) atoms. The molecule has 5 rings (SSSR count). The van der Waals surface area contributed by atoms with Crippen molar-refractivity contribution in [3.05, 3.63) is 150 Å². The van der Waals surface area contributed by atoms with Crippen molar-refractivity contribution >= 4 is 5.57 Å². The van der Waals surface area contributed by atoms with E-state index in [2.05, 4.69) is 126 Å². The van der Waals surface area contributed by atoms with Crippen LogP contribution in [-0.4, -0.2) is 0 Å². The van der Waals surface area contributed by atoms with Crippen LogP contribution in [0.5, 0.6) is 0 Å². The quantitative estimate of drug-likeness (QED) is 0.269. The van der Waals surface area contributed by atoms with Crippen LogP contribution in [0.1, 0.15) is 41.7 Å². The van der Waals surface area contributed by atoms with Crippen LogP contribution in [-0.2, 0) is 5.41 Å². The number of aryl methyl sites for hydroxylation is 2. The van der Waals surface area contributed by atoms with Crippen LogP contribution in [0.15, 0.2) is 122 Å². The molecule has 1 aliphatic carbocycles. The third-order valence-electron chi connectivity index (χ3n) is 6.84. The highest BCUT2D eigenvalue weighted by Gasteiger charge is 2.35. The number of allylic oxidation sites excluding steroid dienone is 4. The second-order valence-electron chi connectivity index (χ2n) is 9.73. The minimum Gasteiger partial charge on any atom is -0.0990 e. The smallest absolute Gasteiger partial charge is 0.0159 e. The van der Waals surface area contributed by atoms with Crippen LogP contribution in [0, 0.1) is 13.8 Å². The molecule has 0 spiro atoms. The minimum atomic E-state index is 0.0349. The van der Waals surface area contributed by atoms with E-state index in [1.54, 1.807) is 0 Å². The summed E-state index contributed by atoms with van der Waals surface area (Å²) in [5.41, 5.74) is 13.1. The van der Waals surface area contributed by atoms with E-state index in [1.165, 1.54) is 50.1 Å². The fourth-order valence-electron chi connectivity index (χ4n) is 4.82. The number of fused-ring (bicyclic) bond motifs is 3. The molecule has 4 aromatic carbocycles. The van der Waals surface area contributed by atoms with Gasteiger partial charge in [0.1, 0.15) is 0 Å². The van der Waals surface area contributed by atoms with E-state index in [0.29, 0.717) is 0 Å². The standard InChI is InChI=1S/C22H22.C13H12/c1-6-8-16(7-2)17-10-12-19-18-11-9-15(3)13-20(18)22(4,5)21(19)14-17;1-11-7-9-13(10-8-11)12-5-3-2-4-6-12/h6-14H,1-2H2,3-5H3;2-10H,1H3/b16-8+;. The highest BCUT2D eigenvalue weighted by atomic mass is 14.4. The van der Waals surface area contributed by atoms with E-state index in [9.17, 15) is 0 Å². The maximum absolute atomic E-state index is 3.92. The van der Waals surface area contributed by atoms with Crippen molar-refractivity contribution in [2.45, 2.75) is 33.1 Å². The summed E-state index contributed by atoms with van der Waals surface area (Å²) < 4.78 is 0. The minimum absolute atomic E-state index is 0.0349. The molecule has 0 radical (unpaired) electrons. The molecular weight excluding hydrogens is 420 g/mol. The molecule has 0 unspecified atom stereocenters. The van der Waals surface area contributed by atoms with Crippen molar-refractivity contribution in [1.82, 2.24) is 0 Å². The van der Waals surface area contributed by atoms with Crippen molar-refractivity contribution < 1.29 is 0 Å². The lowest BCUT2D eigenvalue weighted by atomic mass is 9.81. The Morgan fingerprint density at radius 3 is 1.86 bits per heavy atom. The zero-order chi connectivity index (χ0) is 25.0. The summed E-state index contributed by atoms with van der Waals surface area (Å²) in [6, 6.07) is 32.5. The molecule has 0 heterocycles. The van der Waals surface area contributed by atoms with E-state index in [0.717, 1.165) is 5.57 Å². The van der Waals surface area contributed by atoms with Gasteiger partial charge in [-0.05, 0) is 64.4 Å². The van der Waals surface area contributed by atoms with Gasteiger partial charge in [0, 0.05) is 5.41 Å². The van der Waals surface area contributed by atoms with Crippen LogP contribution in [0.2, 0.25) is 0 Å². The van der Waals surface area contributed by atoms with Crippen molar-refractivity contribution in [3.8, 4) is 22.3 Å². The molecule has 0 N–H and O–H groups in total. The van der Waals surface area contributed by atoms with Gasteiger partial charge in [0.15, 0.2) is 0 Å². The van der Waals surface area contributed by atoms with Crippen molar-refractivity contribution in [2.24, 2.45) is 0 Å². The number of benzene rings is 4. The summed E-state index contributed by atoms with van der Waals surface area (Å²) in [5, 5.41) is 0. The van der Waals surface area contributed by atoms with Gasteiger partial charge in [0.2, 0.25) is 0 Å². The summed E-state index contributed by atoms with van der Waals surface area (Å²) in [6.07, 6.45) is 5.71. The van der Waals surface area contributed by atoms with Gasteiger partial charge in [-0.15, -0.1) is 0 Å². The summed E-state index contributed by atoms with van der Waals surface area (Å²) in [6.45, 7) is 16.6. The van der Waals surface area contributed by atoms with Gasteiger partial charge in [-0.2, -0.15) is 0 Å². The van der Waals surface area contributed by atoms with Crippen LogP contribution in [0.25, 0.3) is 27.8 Å². The molecule has 174 valence electrons. The topological polar surface area (TPSA) is 0 Å². The Balaban J connectivity index is 0.000000189. The Morgan fingerprint density at radius 2 is 1.23 bits per heavy atom. The average Bonchev–Trinajstić information content (AvgIpc) is 3.09. The third kappa shape index (κ3) is 4.98. The third-order valence-corrected chi connectivity index (χ3v) is 6.84. The maximum Gasteiger partial charge on any atom is 0.0159 e. The maximum atomic E-state index is 3.92. The number of hydrogen-bond donors (Lipinski definition) is 0. The zero-order valence-corrected chi connectivity index (χ0v) is 21.3. The number of hydrogen-bond acceptors (Lipinski definition) is 0. The van der Waals surface area contributed by atoms with Gasteiger partial charge in [-0.25, -0.2) is 0 Å². The van der Waals surface area contributed by atoms with E-state index in [-0.39, 0.29) is 5.41 Å². The molecular formula is C35H34. The predicted molar refractivity (Wildman–Crippen MR) is 154 cm³/mol. The SMILES string of the molecule is C=C/C=C(\C=C)c1ccc2c(c1)C(C)(C)c1cc(C)ccc1-2.Cc1ccc(-c2ccccc2)cc1. The first-order chi connectivity index (χ1) is 16.8. The second kappa shape index (κ2) is 10.2. The lowest BCUT2D eigenvalue weighted by molar-refractivity contribution is 0.659. The molecule has 0 amide bonds. The first-order valence-corrected chi connectivity index (χ1v) is 12.2. The van der Waals surface area contributed by atoms with Crippen LogP contribution in [0.3, 0.4) is 0 Å². The van der Waals surface area contributed by atoms with E-state index in [4.69, 9.17) is 0 Å². The Labute approximate surface area is 211 Å². The number of rotatable bonds is 4. The molecule has 0 aromatic heterocycles. The van der Waals surface area contributed by atoms with Gasteiger partial charge >= 0.3 is 0 Å². The van der Waals surface area contributed by atoms with Gasteiger partial charge in [0.05, 0.1) is 0 Å². The fraction of sp³-hybridized carbons (Fsp3) is 0.143. The van der Waals surface area contributed by atoms with Crippen LogP contribution < -0.4 is 0 Å². The fourth-order valence-corrected chi connectivity index (χ4v) is 4.82. The first-order valence-electron chi connectivity index (χ1n) is 12.2. The Hall–Kier alpha value is -3.90. The predicted octanol–water partition coefficient (Wildman–Crippen LogP) is 9.72. The Kier molecular flexibility index (Phi) is 7.03. The normalized spacial score (nSPS) is 13.2. The average molecular weight is 455 g/mol. The zero-order valence-electron chi connectivity index (χ0n) is 21.3. The summed E-state index contributed by atoms with van der Waals surface area (Å²) in [5.74, 6) is 0. The van der Waals surface area contributed by atoms with Crippen molar-refractivity contribution in [3.63, 3.8) is 0 Å². The molecule has 1 aliphatic rings. The first kappa shape index (κ1) is 24.2. The van der Waals surface area contributed by atoms with Gasteiger partial charge in [0.25, 0.3) is 0 Å². The Morgan fingerprint density at radius 1 is 0.657 bits per heavy atom. The largest absolute Gasteiger partial charge is 0.0990 e. The molecule has 0 saturated heterocycles. The summed E-state index contributed by atoms with van der Waals surface area (Å²) in [4.78, 5) is 0. The molecule has 0 saturated carbocycles. The van der Waals surface area contributed by atoms with Gasteiger partial charge < -0.3 is 0 Å². The van der Waals surface area contributed by atoms with E-state index < -0.39 is 0 Å².